The van der Waals surface area contributed by atoms with Crippen LogP contribution in [0.5, 0.6) is 5.75 Å². The predicted molar refractivity (Wildman–Crippen MR) is 139 cm³/mol. The van der Waals surface area contributed by atoms with Crippen LogP contribution in [0.4, 0.5) is 0 Å². The summed E-state index contributed by atoms with van der Waals surface area (Å²) >= 11 is 0. The van der Waals surface area contributed by atoms with Gasteiger partial charge in [-0.1, -0.05) is 50.3 Å². The van der Waals surface area contributed by atoms with Crippen LogP contribution in [-0.2, 0) is 10.0 Å². The second kappa shape index (κ2) is 11.0. The number of sulfonamides is 1. The van der Waals surface area contributed by atoms with E-state index >= 15 is 0 Å². The van der Waals surface area contributed by atoms with E-state index in [0.717, 1.165) is 36.3 Å². The molecule has 3 rings (SSSR count). The van der Waals surface area contributed by atoms with Gasteiger partial charge in [0.25, 0.3) is 0 Å². The van der Waals surface area contributed by atoms with Crippen molar-refractivity contribution in [3.05, 3.63) is 71.8 Å². The minimum Gasteiger partial charge on any atom is -0.508 e. The zero-order valence-electron chi connectivity index (χ0n) is 21.1. The Labute approximate surface area is 205 Å². The molecule has 1 saturated heterocycles. The summed E-state index contributed by atoms with van der Waals surface area (Å²) in [6.07, 6.45) is 0. The molecule has 1 fully saturated rings. The third-order valence-electron chi connectivity index (χ3n) is 6.69. The summed E-state index contributed by atoms with van der Waals surface area (Å²) in [5, 5.41) is 10.2. The highest BCUT2D eigenvalue weighted by Crippen LogP contribution is 2.35. The van der Waals surface area contributed by atoms with Gasteiger partial charge in [-0.25, -0.2) is 8.42 Å². The quantitative estimate of drug-likeness (QED) is 0.531. The molecule has 1 heterocycles. The fourth-order valence-electron chi connectivity index (χ4n) is 4.96. The van der Waals surface area contributed by atoms with E-state index < -0.39 is 10.0 Å². The molecule has 1 aliphatic heterocycles. The second-order valence-electron chi connectivity index (χ2n) is 9.44. The van der Waals surface area contributed by atoms with Gasteiger partial charge < -0.3 is 5.11 Å². The molecule has 0 aromatic heterocycles. The van der Waals surface area contributed by atoms with Crippen LogP contribution in [0.1, 0.15) is 51.8 Å². The molecule has 0 amide bonds. The van der Waals surface area contributed by atoms with Crippen molar-refractivity contribution >= 4 is 10.0 Å². The highest BCUT2D eigenvalue weighted by molar-refractivity contribution is 7.89. The first kappa shape index (κ1) is 26.4. The highest BCUT2D eigenvalue weighted by atomic mass is 32.2. The van der Waals surface area contributed by atoms with E-state index in [1.807, 2.05) is 44.2 Å². The number of phenolic OH excluding ortho intramolecular Hbond substituents is 1. The molecule has 3 atom stereocenters. The first-order chi connectivity index (χ1) is 16.1. The van der Waals surface area contributed by atoms with Gasteiger partial charge in [-0.15, -0.1) is 0 Å². The Kier molecular flexibility index (Phi) is 8.57. The minimum atomic E-state index is -3.51. The average Bonchev–Trinajstić information content (AvgIpc) is 2.78. The molecule has 0 radical (unpaired) electrons. The molecule has 1 N–H and O–H groups in total. The van der Waals surface area contributed by atoms with Gasteiger partial charge in [0.1, 0.15) is 5.75 Å². The lowest BCUT2D eigenvalue weighted by Gasteiger charge is -2.47. The molecule has 6 nitrogen and oxygen atoms in total. The topological polar surface area (TPSA) is 64.1 Å². The maximum Gasteiger partial charge on any atom is 0.243 e. The van der Waals surface area contributed by atoms with Crippen LogP contribution in [0.15, 0.2) is 65.6 Å². The van der Waals surface area contributed by atoms with Crippen LogP contribution in [0.2, 0.25) is 0 Å². The number of hydrogen-bond donors (Lipinski definition) is 1. The molecule has 0 saturated carbocycles. The molecular weight excluding hydrogens is 446 g/mol. The first-order valence-corrected chi connectivity index (χ1v) is 13.6. The van der Waals surface area contributed by atoms with Gasteiger partial charge in [0.15, 0.2) is 0 Å². The summed E-state index contributed by atoms with van der Waals surface area (Å²) in [7, 11) is -3.51. The number of aromatic hydroxyl groups is 1. The number of piperazine rings is 1. The van der Waals surface area contributed by atoms with E-state index in [-0.39, 0.29) is 17.8 Å². The monoisotopic (exact) mass is 485 g/mol. The number of phenols is 1. The Balaban J connectivity index is 1.99. The molecule has 34 heavy (non-hydrogen) atoms. The zero-order valence-corrected chi connectivity index (χ0v) is 21.9. The lowest BCUT2D eigenvalue weighted by atomic mass is 9.93. The third-order valence-corrected chi connectivity index (χ3v) is 8.76. The molecule has 1 unspecified atom stereocenters. The van der Waals surface area contributed by atoms with Crippen LogP contribution in [0, 0.1) is 0 Å². The molecular formula is C27H39N3O3S. The number of hydrogen-bond acceptors (Lipinski definition) is 5. The average molecular weight is 486 g/mol. The van der Waals surface area contributed by atoms with E-state index in [9.17, 15) is 13.5 Å². The first-order valence-electron chi connectivity index (χ1n) is 12.1. The summed E-state index contributed by atoms with van der Waals surface area (Å²) in [5.74, 6) is 0.227. The van der Waals surface area contributed by atoms with E-state index in [1.54, 1.807) is 18.2 Å². The summed E-state index contributed by atoms with van der Waals surface area (Å²) in [4.78, 5) is 5.23. The smallest absolute Gasteiger partial charge is 0.243 e. The number of nitrogens with zero attached hydrogens (tertiary/aromatic N) is 3. The molecule has 186 valence electrons. The summed E-state index contributed by atoms with van der Waals surface area (Å²) in [6.45, 7) is 17.8. The Morgan fingerprint density at radius 2 is 1.71 bits per heavy atom. The van der Waals surface area contributed by atoms with Crippen LogP contribution >= 0.6 is 0 Å². The van der Waals surface area contributed by atoms with Crippen molar-refractivity contribution < 1.29 is 13.5 Å². The lowest BCUT2D eigenvalue weighted by molar-refractivity contribution is 0.0292. The van der Waals surface area contributed by atoms with Gasteiger partial charge in [0.05, 0.1) is 10.9 Å². The van der Waals surface area contributed by atoms with Crippen molar-refractivity contribution in [2.45, 2.75) is 57.6 Å². The SMILES string of the molecule is C=C(C)CN1C[C@@H](C)N(C(c2ccc(S(=O)(=O)N(CC)CC)cc2)c2cccc(O)c2)C[C@@H]1C. The van der Waals surface area contributed by atoms with Gasteiger partial charge in [0, 0.05) is 44.8 Å². The Morgan fingerprint density at radius 1 is 1.06 bits per heavy atom. The molecule has 0 spiro atoms. The van der Waals surface area contributed by atoms with Crippen molar-refractivity contribution in [2.24, 2.45) is 0 Å². The molecule has 7 heteroatoms. The number of rotatable bonds is 9. The lowest BCUT2D eigenvalue weighted by Crippen LogP contribution is -2.57. The van der Waals surface area contributed by atoms with E-state index in [2.05, 4.69) is 37.1 Å². The Hall–Kier alpha value is -2.19. The van der Waals surface area contributed by atoms with Crippen LogP contribution in [0.25, 0.3) is 0 Å². The fraction of sp³-hybridized carbons (Fsp3) is 0.481. The Bertz CT molecular complexity index is 1080. The fourth-order valence-corrected chi connectivity index (χ4v) is 6.41. The van der Waals surface area contributed by atoms with E-state index in [4.69, 9.17) is 0 Å². The molecule has 2 aromatic carbocycles. The standard InChI is InChI=1S/C27H39N3O3S/c1-7-29(8-2)34(32,33)26-14-12-23(13-15-26)27(24-10-9-11-25(31)16-24)30-19-21(5)28(17-20(3)4)18-22(30)6/h9-16,21-22,27,31H,3,7-8,17-19H2,1-2,4-6H3/t21-,22+,27?/m0/s1. The highest BCUT2D eigenvalue weighted by Gasteiger charge is 2.35. The Morgan fingerprint density at radius 3 is 2.26 bits per heavy atom. The van der Waals surface area contributed by atoms with Gasteiger partial charge in [-0.05, 0) is 56.2 Å². The molecule has 0 aliphatic carbocycles. The van der Waals surface area contributed by atoms with Crippen molar-refractivity contribution in [1.82, 2.24) is 14.1 Å². The maximum atomic E-state index is 13.0. The minimum absolute atomic E-state index is 0.0956. The van der Waals surface area contributed by atoms with Crippen molar-refractivity contribution in [3.8, 4) is 5.75 Å². The van der Waals surface area contributed by atoms with Gasteiger partial charge in [-0.3, -0.25) is 9.80 Å². The molecule has 2 aromatic rings. The summed E-state index contributed by atoms with van der Waals surface area (Å²) in [5.41, 5.74) is 3.16. The third kappa shape index (κ3) is 5.71. The van der Waals surface area contributed by atoms with E-state index in [1.165, 1.54) is 4.31 Å². The van der Waals surface area contributed by atoms with Crippen LogP contribution in [0.3, 0.4) is 0 Å². The van der Waals surface area contributed by atoms with Gasteiger partial charge in [0.2, 0.25) is 10.0 Å². The van der Waals surface area contributed by atoms with Crippen LogP contribution < -0.4 is 0 Å². The zero-order chi connectivity index (χ0) is 25.0. The second-order valence-corrected chi connectivity index (χ2v) is 11.4. The van der Waals surface area contributed by atoms with Crippen molar-refractivity contribution in [3.63, 3.8) is 0 Å². The van der Waals surface area contributed by atoms with Gasteiger partial charge >= 0.3 is 0 Å². The van der Waals surface area contributed by atoms with Crippen molar-refractivity contribution in [2.75, 3.05) is 32.7 Å². The summed E-state index contributed by atoms with van der Waals surface area (Å²) < 4.78 is 27.4. The van der Waals surface area contributed by atoms with Crippen LogP contribution in [-0.4, -0.2) is 72.4 Å². The van der Waals surface area contributed by atoms with Gasteiger partial charge in [-0.2, -0.15) is 4.31 Å². The maximum absolute atomic E-state index is 13.0. The largest absolute Gasteiger partial charge is 0.508 e. The summed E-state index contributed by atoms with van der Waals surface area (Å²) in [6, 6.07) is 15.2. The molecule has 1 aliphatic rings. The number of benzene rings is 2. The van der Waals surface area contributed by atoms with E-state index in [0.29, 0.717) is 24.0 Å². The molecule has 0 bridgehead atoms. The predicted octanol–water partition coefficient (Wildman–Crippen LogP) is 4.48. The van der Waals surface area contributed by atoms with Crippen molar-refractivity contribution in [1.29, 1.82) is 0 Å². The normalized spacial score (nSPS) is 21.0.